The number of sulfone groups is 1. The molecule has 0 spiro atoms. The van der Waals surface area contributed by atoms with E-state index >= 15 is 0 Å². The molecule has 0 aliphatic rings. The van der Waals surface area contributed by atoms with Gasteiger partial charge >= 0.3 is 6.09 Å². The number of benzene rings is 1. The van der Waals surface area contributed by atoms with Gasteiger partial charge in [-0.3, -0.25) is 4.79 Å². The molecule has 2 N–H and O–H groups in total. The van der Waals surface area contributed by atoms with Crippen LogP contribution in [0.1, 0.15) is 39.3 Å². The Labute approximate surface area is 142 Å². The van der Waals surface area contributed by atoms with Crippen LogP contribution in [0.5, 0.6) is 0 Å². The van der Waals surface area contributed by atoms with E-state index in [1.807, 2.05) is 0 Å². The largest absolute Gasteiger partial charge is 0.444 e. The Kier molecular flexibility index (Phi) is 6.77. The van der Waals surface area contributed by atoms with Crippen molar-refractivity contribution < 1.29 is 22.7 Å². The third-order valence-corrected chi connectivity index (χ3v) is 4.87. The minimum absolute atomic E-state index is 0.0125. The minimum Gasteiger partial charge on any atom is -0.444 e. The van der Waals surface area contributed by atoms with Gasteiger partial charge in [0.25, 0.3) is 0 Å². The monoisotopic (exact) mass is 356 g/mol. The van der Waals surface area contributed by atoms with Crippen molar-refractivity contribution in [3.8, 4) is 0 Å². The van der Waals surface area contributed by atoms with Crippen molar-refractivity contribution >= 4 is 22.3 Å². The highest BCUT2D eigenvalue weighted by atomic mass is 32.2. The number of nitrogens with one attached hydrogen (secondary N) is 2. The minimum atomic E-state index is -3.29. The van der Waals surface area contributed by atoms with Crippen LogP contribution < -0.4 is 10.6 Å². The van der Waals surface area contributed by atoms with Crippen molar-refractivity contribution in [3.05, 3.63) is 29.8 Å². The molecule has 8 heteroatoms. The maximum absolute atomic E-state index is 11.9. The molecule has 0 fully saturated rings. The summed E-state index contributed by atoms with van der Waals surface area (Å²) in [6, 6.07) is 5.65. The molecular formula is C16H24N2O5S. The van der Waals surface area contributed by atoms with E-state index in [0.717, 1.165) is 0 Å². The molecule has 24 heavy (non-hydrogen) atoms. The topological polar surface area (TPSA) is 102 Å². The van der Waals surface area contributed by atoms with Crippen LogP contribution in [0.25, 0.3) is 0 Å². The number of amides is 2. The molecule has 0 bridgehead atoms. The summed E-state index contributed by atoms with van der Waals surface area (Å²) in [6.07, 6.45) is -0.0925. The third-order valence-electron chi connectivity index (χ3n) is 3.12. The van der Waals surface area contributed by atoms with Gasteiger partial charge in [-0.2, -0.15) is 0 Å². The van der Waals surface area contributed by atoms with E-state index in [0.29, 0.717) is 12.0 Å². The highest BCUT2D eigenvalue weighted by molar-refractivity contribution is 7.91. The molecule has 0 aromatic heterocycles. The van der Waals surface area contributed by atoms with Gasteiger partial charge in [0, 0.05) is 6.54 Å². The summed E-state index contributed by atoms with van der Waals surface area (Å²) in [5, 5.41) is 5.17. The molecule has 1 rings (SSSR count). The van der Waals surface area contributed by atoms with Crippen molar-refractivity contribution in [3.63, 3.8) is 0 Å². The molecule has 1 aromatic rings. The molecule has 7 nitrogen and oxygen atoms in total. The van der Waals surface area contributed by atoms with Crippen LogP contribution in [0.4, 0.5) is 4.79 Å². The molecule has 0 heterocycles. The van der Waals surface area contributed by atoms with E-state index in [1.165, 1.54) is 12.1 Å². The Hall–Kier alpha value is -2.09. The van der Waals surface area contributed by atoms with Crippen LogP contribution in [-0.2, 0) is 19.4 Å². The zero-order valence-corrected chi connectivity index (χ0v) is 15.1. The maximum Gasteiger partial charge on any atom is 0.408 e. The molecule has 2 amide bonds. The molecule has 0 saturated carbocycles. The van der Waals surface area contributed by atoms with Crippen molar-refractivity contribution in [2.75, 3.05) is 12.3 Å². The number of rotatable bonds is 7. The van der Waals surface area contributed by atoms with E-state index in [2.05, 4.69) is 10.6 Å². The summed E-state index contributed by atoms with van der Waals surface area (Å²) in [6.45, 7) is 6.97. The lowest BCUT2D eigenvalue weighted by Crippen LogP contribution is -2.38. The van der Waals surface area contributed by atoms with Crippen molar-refractivity contribution in [1.82, 2.24) is 10.6 Å². The average Bonchev–Trinajstić information content (AvgIpc) is 2.49. The summed E-state index contributed by atoms with van der Waals surface area (Å²) in [7, 11) is -3.29. The lowest BCUT2D eigenvalue weighted by molar-refractivity contribution is -0.109. The zero-order chi connectivity index (χ0) is 18.4. The summed E-state index contributed by atoms with van der Waals surface area (Å²) >= 11 is 0. The Bertz CT molecular complexity index is 663. The fourth-order valence-electron chi connectivity index (χ4n) is 1.94. The summed E-state index contributed by atoms with van der Waals surface area (Å²) in [5.74, 6) is 0.0125. The van der Waals surface area contributed by atoms with Crippen LogP contribution in [-0.4, -0.2) is 38.8 Å². The zero-order valence-electron chi connectivity index (χ0n) is 14.3. The molecule has 0 saturated heterocycles. The SMILES string of the molecule is CCS(=O)(=O)c1ccc([C@H](CNC=O)NC(=O)OC(C)(C)C)cc1. The van der Waals surface area contributed by atoms with Gasteiger partial charge in [-0.15, -0.1) is 0 Å². The third kappa shape index (κ3) is 6.19. The standard InChI is InChI=1S/C16H24N2O5S/c1-5-24(21,22)13-8-6-12(7-9-13)14(10-17-11-19)18-15(20)23-16(2,3)4/h6-9,11,14H,5,10H2,1-4H3,(H,17,19)(H,18,20)/t14-/m0/s1. The molecule has 0 aliphatic carbocycles. The highest BCUT2D eigenvalue weighted by Gasteiger charge is 2.21. The summed E-state index contributed by atoms with van der Waals surface area (Å²) in [4.78, 5) is 22.7. The number of carbonyl (C=O) groups is 2. The van der Waals surface area contributed by atoms with Gasteiger partial charge in [-0.05, 0) is 38.5 Å². The lowest BCUT2D eigenvalue weighted by Gasteiger charge is -2.24. The van der Waals surface area contributed by atoms with E-state index in [1.54, 1.807) is 39.8 Å². The second-order valence-corrected chi connectivity index (χ2v) is 8.48. The summed E-state index contributed by atoms with van der Waals surface area (Å²) in [5.41, 5.74) is 0.0106. The van der Waals surface area contributed by atoms with Crippen LogP contribution in [0.2, 0.25) is 0 Å². The first-order valence-electron chi connectivity index (χ1n) is 7.58. The van der Waals surface area contributed by atoms with Gasteiger partial charge in [-0.25, -0.2) is 13.2 Å². The van der Waals surface area contributed by atoms with Crippen molar-refractivity contribution in [1.29, 1.82) is 0 Å². The lowest BCUT2D eigenvalue weighted by atomic mass is 10.1. The Morgan fingerprint density at radius 1 is 1.25 bits per heavy atom. The molecule has 1 aromatic carbocycles. The average molecular weight is 356 g/mol. The van der Waals surface area contributed by atoms with Crippen LogP contribution in [0, 0.1) is 0 Å². The maximum atomic E-state index is 11.9. The van der Waals surface area contributed by atoms with E-state index in [4.69, 9.17) is 4.74 Å². The van der Waals surface area contributed by atoms with Crippen LogP contribution >= 0.6 is 0 Å². The van der Waals surface area contributed by atoms with Crippen LogP contribution in [0.3, 0.4) is 0 Å². The normalized spacial score (nSPS) is 13.0. The van der Waals surface area contributed by atoms with Crippen LogP contribution in [0.15, 0.2) is 29.2 Å². The predicted molar refractivity (Wildman–Crippen MR) is 90.3 cm³/mol. The Morgan fingerprint density at radius 3 is 2.29 bits per heavy atom. The first-order chi connectivity index (χ1) is 11.1. The number of ether oxygens (including phenoxy) is 1. The van der Waals surface area contributed by atoms with Gasteiger partial charge < -0.3 is 15.4 Å². The molecular weight excluding hydrogens is 332 g/mol. The van der Waals surface area contributed by atoms with Gasteiger partial charge in [0.2, 0.25) is 6.41 Å². The Morgan fingerprint density at radius 2 is 1.83 bits per heavy atom. The number of alkyl carbamates (subject to hydrolysis) is 1. The number of carbonyl (C=O) groups excluding carboxylic acids is 2. The highest BCUT2D eigenvalue weighted by Crippen LogP contribution is 2.18. The van der Waals surface area contributed by atoms with Gasteiger partial charge in [0.15, 0.2) is 9.84 Å². The van der Waals surface area contributed by atoms with E-state index < -0.39 is 27.6 Å². The van der Waals surface area contributed by atoms with Crippen molar-refractivity contribution in [2.24, 2.45) is 0 Å². The molecule has 1 atom stereocenters. The Balaban J connectivity index is 2.95. The van der Waals surface area contributed by atoms with Gasteiger partial charge in [0.1, 0.15) is 5.60 Å². The molecule has 0 radical (unpaired) electrons. The number of hydrogen-bond acceptors (Lipinski definition) is 5. The second kappa shape index (κ2) is 8.14. The van der Waals surface area contributed by atoms with Gasteiger partial charge in [-0.1, -0.05) is 19.1 Å². The van der Waals surface area contributed by atoms with Crippen molar-refractivity contribution in [2.45, 2.75) is 44.2 Å². The number of hydrogen-bond donors (Lipinski definition) is 2. The summed E-state index contributed by atoms with van der Waals surface area (Å²) < 4.78 is 28.9. The predicted octanol–water partition coefficient (Wildman–Crippen LogP) is 1.79. The second-order valence-electron chi connectivity index (χ2n) is 6.20. The molecule has 134 valence electrons. The van der Waals surface area contributed by atoms with Gasteiger partial charge in [0.05, 0.1) is 16.7 Å². The molecule has 0 aliphatic heterocycles. The molecule has 0 unspecified atom stereocenters. The smallest absolute Gasteiger partial charge is 0.408 e. The van der Waals surface area contributed by atoms with E-state index in [-0.39, 0.29) is 17.2 Å². The van der Waals surface area contributed by atoms with E-state index in [9.17, 15) is 18.0 Å². The quantitative estimate of drug-likeness (QED) is 0.725. The fraction of sp³-hybridized carbons (Fsp3) is 0.500. The fourth-order valence-corrected chi connectivity index (χ4v) is 2.83. The first-order valence-corrected chi connectivity index (χ1v) is 9.23. The first kappa shape index (κ1) is 20.0.